The molecular formula is C12H16BN5O2. The second-order valence-corrected chi connectivity index (χ2v) is 5.74. The van der Waals surface area contributed by atoms with Crippen molar-refractivity contribution in [2.24, 2.45) is 0 Å². The van der Waals surface area contributed by atoms with Gasteiger partial charge < -0.3 is 9.31 Å². The van der Waals surface area contributed by atoms with Crippen molar-refractivity contribution in [2.75, 3.05) is 0 Å². The largest absolute Gasteiger partial charge is 0.518 e. The van der Waals surface area contributed by atoms with Crippen LogP contribution < -0.4 is 5.59 Å². The van der Waals surface area contributed by atoms with Crippen LogP contribution in [-0.4, -0.2) is 43.3 Å². The number of rotatable bonds is 2. The number of hydrogen-bond acceptors (Lipinski definition) is 6. The quantitative estimate of drug-likeness (QED) is 0.735. The van der Waals surface area contributed by atoms with Crippen LogP contribution in [0.15, 0.2) is 24.8 Å². The normalized spacial score (nSPS) is 20.3. The van der Waals surface area contributed by atoms with E-state index in [4.69, 9.17) is 9.31 Å². The zero-order chi connectivity index (χ0) is 14.4. The molecule has 0 amide bonds. The summed E-state index contributed by atoms with van der Waals surface area (Å²) in [6, 6.07) is 0. The summed E-state index contributed by atoms with van der Waals surface area (Å²) in [6.45, 7) is 8.00. The fourth-order valence-electron chi connectivity index (χ4n) is 1.87. The van der Waals surface area contributed by atoms with Gasteiger partial charge in [0.15, 0.2) is 5.82 Å². The molecule has 3 rings (SSSR count). The molecule has 0 aliphatic carbocycles. The van der Waals surface area contributed by atoms with Gasteiger partial charge in [0, 0.05) is 12.4 Å². The van der Waals surface area contributed by atoms with Gasteiger partial charge in [-0.05, 0) is 27.7 Å². The maximum atomic E-state index is 5.93. The first kappa shape index (κ1) is 13.2. The molecule has 8 heteroatoms. The molecule has 0 aromatic carbocycles. The summed E-state index contributed by atoms with van der Waals surface area (Å²) >= 11 is 0. The fourth-order valence-corrected chi connectivity index (χ4v) is 1.87. The van der Waals surface area contributed by atoms with E-state index >= 15 is 0 Å². The van der Waals surface area contributed by atoms with E-state index in [1.807, 2.05) is 27.7 Å². The third-order valence-corrected chi connectivity index (χ3v) is 3.79. The van der Waals surface area contributed by atoms with E-state index < -0.39 is 18.3 Å². The van der Waals surface area contributed by atoms with Crippen molar-refractivity contribution in [3.05, 3.63) is 24.8 Å². The lowest BCUT2D eigenvalue weighted by atomic mass is 9.86. The minimum atomic E-state index is -0.523. The maximum absolute atomic E-state index is 5.93. The Kier molecular flexibility index (Phi) is 2.88. The van der Waals surface area contributed by atoms with Gasteiger partial charge in [0.1, 0.15) is 5.59 Å². The van der Waals surface area contributed by atoms with Crippen LogP contribution in [0.2, 0.25) is 0 Å². The lowest BCUT2D eigenvalue weighted by Gasteiger charge is -2.32. The first-order valence-electron chi connectivity index (χ1n) is 6.43. The van der Waals surface area contributed by atoms with Gasteiger partial charge in [-0.2, -0.15) is 0 Å². The van der Waals surface area contributed by atoms with Crippen LogP contribution in [0.5, 0.6) is 0 Å². The standard InChI is InChI=1S/C12H16BN5O2/c1-11(2)12(3,4)20-13(19-11)9-8-18(17-16-9)10-7-14-5-6-15-10/h5-8H,1-4H3. The lowest BCUT2D eigenvalue weighted by molar-refractivity contribution is 0.00578. The van der Waals surface area contributed by atoms with Gasteiger partial charge in [-0.1, -0.05) is 5.21 Å². The van der Waals surface area contributed by atoms with Crippen LogP contribution in [0.3, 0.4) is 0 Å². The fraction of sp³-hybridized carbons (Fsp3) is 0.500. The highest BCUT2D eigenvalue weighted by Gasteiger charge is 2.52. The Labute approximate surface area is 117 Å². The molecule has 20 heavy (non-hydrogen) atoms. The predicted molar refractivity (Wildman–Crippen MR) is 72.7 cm³/mol. The zero-order valence-corrected chi connectivity index (χ0v) is 11.9. The summed E-state index contributed by atoms with van der Waals surface area (Å²) in [6.07, 6.45) is 6.57. The van der Waals surface area contributed by atoms with E-state index in [-0.39, 0.29) is 0 Å². The van der Waals surface area contributed by atoms with Gasteiger partial charge in [-0.3, -0.25) is 4.98 Å². The van der Waals surface area contributed by atoms with Crippen LogP contribution in [0.25, 0.3) is 5.82 Å². The van der Waals surface area contributed by atoms with Crippen LogP contribution in [0, 0.1) is 0 Å². The van der Waals surface area contributed by atoms with E-state index in [2.05, 4.69) is 20.3 Å². The molecule has 0 unspecified atom stereocenters. The molecule has 3 heterocycles. The summed E-state index contributed by atoms with van der Waals surface area (Å²) in [5.74, 6) is 0.600. The number of nitrogens with zero attached hydrogens (tertiary/aromatic N) is 5. The Morgan fingerprint density at radius 3 is 2.40 bits per heavy atom. The number of hydrogen-bond donors (Lipinski definition) is 0. The van der Waals surface area contributed by atoms with Gasteiger partial charge in [0.2, 0.25) is 0 Å². The van der Waals surface area contributed by atoms with Gasteiger partial charge in [0.25, 0.3) is 0 Å². The molecule has 1 aliphatic rings. The molecule has 2 aromatic heterocycles. The van der Waals surface area contributed by atoms with E-state index in [0.29, 0.717) is 11.4 Å². The van der Waals surface area contributed by atoms with Gasteiger partial charge >= 0.3 is 7.12 Å². The molecule has 0 atom stereocenters. The van der Waals surface area contributed by atoms with Crippen LogP contribution >= 0.6 is 0 Å². The van der Waals surface area contributed by atoms with E-state index in [1.165, 1.54) is 0 Å². The molecule has 1 saturated heterocycles. The molecule has 0 spiro atoms. The topological polar surface area (TPSA) is 75.0 Å². The molecule has 0 radical (unpaired) electrons. The maximum Gasteiger partial charge on any atom is 0.518 e. The highest BCUT2D eigenvalue weighted by molar-refractivity contribution is 6.61. The minimum absolute atomic E-state index is 0.395. The zero-order valence-electron chi connectivity index (χ0n) is 11.9. The van der Waals surface area contributed by atoms with Crippen LogP contribution in [0.4, 0.5) is 0 Å². The molecular weight excluding hydrogens is 257 g/mol. The summed E-state index contributed by atoms with van der Waals surface area (Å²) in [5, 5.41) is 8.13. The number of aromatic nitrogens is 5. The van der Waals surface area contributed by atoms with Gasteiger partial charge in [-0.25, -0.2) is 9.67 Å². The van der Waals surface area contributed by atoms with E-state index in [9.17, 15) is 0 Å². The molecule has 1 fully saturated rings. The van der Waals surface area contributed by atoms with Crippen molar-refractivity contribution in [3.63, 3.8) is 0 Å². The van der Waals surface area contributed by atoms with Crippen molar-refractivity contribution in [1.82, 2.24) is 25.0 Å². The van der Waals surface area contributed by atoms with Crippen molar-refractivity contribution in [2.45, 2.75) is 38.9 Å². The lowest BCUT2D eigenvalue weighted by Crippen LogP contribution is -2.41. The van der Waals surface area contributed by atoms with Gasteiger partial charge in [0.05, 0.1) is 23.6 Å². The minimum Gasteiger partial charge on any atom is -0.398 e. The molecule has 7 nitrogen and oxygen atoms in total. The Bertz CT molecular complexity index is 597. The van der Waals surface area contributed by atoms with E-state index in [1.54, 1.807) is 29.5 Å². The second kappa shape index (κ2) is 4.36. The Balaban J connectivity index is 1.86. The first-order valence-corrected chi connectivity index (χ1v) is 6.43. The summed E-state index contributed by atoms with van der Waals surface area (Å²) < 4.78 is 13.4. The van der Waals surface area contributed by atoms with Crippen molar-refractivity contribution in [3.8, 4) is 5.82 Å². The van der Waals surface area contributed by atoms with Gasteiger partial charge in [-0.15, -0.1) is 5.10 Å². The van der Waals surface area contributed by atoms with E-state index in [0.717, 1.165) is 0 Å². The van der Waals surface area contributed by atoms with Crippen LogP contribution in [-0.2, 0) is 9.31 Å². The SMILES string of the molecule is CC1(C)OB(c2cn(-c3cnccn3)nn2)OC1(C)C. The Morgan fingerprint density at radius 2 is 1.80 bits per heavy atom. The molecule has 104 valence electrons. The smallest absolute Gasteiger partial charge is 0.398 e. The average molecular weight is 273 g/mol. The Hall–Kier alpha value is -1.80. The van der Waals surface area contributed by atoms with Crippen LogP contribution in [0.1, 0.15) is 27.7 Å². The Morgan fingerprint density at radius 1 is 1.10 bits per heavy atom. The summed E-state index contributed by atoms with van der Waals surface area (Å²) in [4.78, 5) is 8.16. The molecule has 0 saturated carbocycles. The third-order valence-electron chi connectivity index (χ3n) is 3.79. The summed E-state index contributed by atoms with van der Waals surface area (Å²) in [5.41, 5.74) is -0.170. The molecule has 1 aliphatic heterocycles. The average Bonchev–Trinajstić information content (AvgIpc) is 2.94. The highest BCUT2D eigenvalue weighted by atomic mass is 16.7. The third kappa shape index (κ3) is 2.10. The molecule has 0 N–H and O–H groups in total. The first-order chi connectivity index (χ1) is 9.39. The van der Waals surface area contributed by atoms with Crippen molar-refractivity contribution >= 4 is 12.7 Å². The van der Waals surface area contributed by atoms with Crippen molar-refractivity contribution in [1.29, 1.82) is 0 Å². The molecule has 0 bridgehead atoms. The highest BCUT2D eigenvalue weighted by Crippen LogP contribution is 2.36. The van der Waals surface area contributed by atoms with Crippen molar-refractivity contribution < 1.29 is 9.31 Å². The predicted octanol–water partition coefficient (Wildman–Crippen LogP) is 0.356. The second-order valence-electron chi connectivity index (χ2n) is 5.74. The molecule has 2 aromatic rings. The monoisotopic (exact) mass is 273 g/mol. The summed E-state index contributed by atoms with van der Waals surface area (Å²) in [7, 11) is -0.523.